The van der Waals surface area contributed by atoms with E-state index in [-0.39, 0.29) is 12.2 Å². The minimum atomic E-state index is -1.30. The van der Waals surface area contributed by atoms with Gasteiger partial charge in [0.2, 0.25) is 5.91 Å². The van der Waals surface area contributed by atoms with Crippen LogP contribution in [0.25, 0.3) is 0 Å². The van der Waals surface area contributed by atoms with E-state index in [0.717, 1.165) is 10.6 Å². The molecule has 0 unspecified atom stereocenters. The fourth-order valence-corrected chi connectivity index (χ4v) is 1.21. The summed E-state index contributed by atoms with van der Waals surface area (Å²) in [4.78, 5) is 33.5. The van der Waals surface area contributed by atoms with E-state index in [9.17, 15) is 14.4 Å². The number of carbonyl (C=O) groups is 2. The number of nitriles is 1. The van der Waals surface area contributed by atoms with Gasteiger partial charge in [0.25, 0.3) is 5.56 Å². The third-order valence-electron chi connectivity index (χ3n) is 1.94. The van der Waals surface area contributed by atoms with E-state index in [1.165, 1.54) is 12.1 Å². The lowest BCUT2D eigenvalue weighted by Crippen LogP contribution is -2.34. The van der Waals surface area contributed by atoms with Crippen LogP contribution in [-0.4, -0.2) is 28.1 Å². The van der Waals surface area contributed by atoms with E-state index < -0.39 is 24.0 Å². The molecule has 1 aromatic rings. The summed E-state index contributed by atoms with van der Waals surface area (Å²) in [7, 11) is 0. The SMILES string of the molecule is N#CCNC(=O)Cn1c(C(=O)O)cccc1=O. The van der Waals surface area contributed by atoms with Crippen LogP contribution in [0.1, 0.15) is 10.5 Å². The third kappa shape index (κ3) is 3.17. The maximum atomic E-state index is 11.4. The average molecular weight is 235 g/mol. The van der Waals surface area contributed by atoms with Crippen molar-refractivity contribution in [3.05, 3.63) is 34.2 Å². The molecule has 0 atom stereocenters. The quantitative estimate of drug-likeness (QED) is 0.662. The highest BCUT2D eigenvalue weighted by molar-refractivity contribution is 5.86. The second-order valence-corrected chi connectivity index (χ2v) is 3.08. The van der Waals surface area contributed by atoms with E-state index >= 15 is 0 Å². The highest BCUT2D eigenvalue weighted by Gasteiger charge is 2.12. The second-order valence-electron chi connectivity index (χ2n) is 3.08. The number of nitrogens with one attached hydrogen (secondary N) is 1. The molecule has 0 bridgehead atoms. The number of nitrogens with zero attached hydrogens (tertiary/aromatic N) is 2. The lowest BCUT2D eigenvalue weighted by molar-refractivity contribution is -0.121. The molecule has 0 saturated heterocycles. The molecule has 0 aliphatic rings. The molecule has 1 aromatic heterocycles. The molecule has 88 valence electrons. The van der Waals surface area contributed by atoms with Crippen LogP contribution in [0.15, 0.2) is 23.0 Å². The molecule has 2 N–H and O–H groups in total. The number of amides is 1. The number of aromatic nitrogens is 1. The third-order valence-corrected chi connectivity index (χ3v) is 1.94. The molecule has 0 spiro atoms. The molecule has 1 amide bonds. The monoisotopic (exact) mass is 235 g/mol. The summed E-state index contributed by atoms with van der Waals surface area (Å²) >= 11 is 0. The average Bonchev–Trinajstić information content (AvgIpc) is 2.28. The van der Waals surface area contributed by atoms with Gasteiger partial charge in [0.1, 0.15) is 18.8 Å². The molecule has 0 saturated carbocycles. The van der Waals surface area contributed by atoms with Crippen LogP contribution in [0.2, 0.25) is 0 Å². The molecule has 0 fully saturated rings. The van der Waals surface area contributed by atoms with E-state index in [2.05, 4.69) is 5.32 Å². The van der Waals surface area contributed by atoms with E-state index in [4.69, 9.17) is 10.4 Å². The van der Waals surface area contributed by atoms with Crippen molar-refractivity contribution in [1.29, 1.82) is 5.26 Å². The van der Waals surface area contributed by atoms with Crippen LogP contribution in [-0.2, 0) is 11.3 Å². The fourth-order valence-electron chi connectivity index (χ4n) is 1.21. The number of pyridine rings is 1. The first-order valence-corrected chi connectivity index (χ1v) is 4.63. The summed E-state index contributed by atoms with van der Waals surface area (Å²) in [6.45, 7) is -0.619. The summed E-state index contributed by atoms with van der Waals surface area (Å²) in [6.07, 6.45) is 0. The van der Waals surface area contributed by atoms with Gasteiger partial charge in [0, 0.05) is 6.07 Å². The summed E-state index contributed by atoms with van der Waals surface area (Å²) in [5.41, 5.74) is -0.860. The molecule has 7 nitrogen and oxygen atoms in total. The predicted octanol–water partition coefficient (Wildman–Crippen LogP) is -0.814. The maximum Gasteiger partial charge on any atom is 0.352 e. The van der Waals surface area contributed by atoms with Crippen molar-refractivity contribution in [2.75, 3.05) is 6.54 Å². The van der Waals surface area contributed by atoms with Gasteiger partial charge in [-0.25, -0.2) is 4.79 Å². The summed E-state index contributed by atoms with van der Waals surface area (Å²) < 4.78 is 0.828. The van der Waals surface area contributed by atoms with Crippen molar-refractivity contribution in [2.24, 2.45) is 0 Å². The van der Waals surface area contributed by atoms with Crippen LogP contribution in [0, 0.1) is 11.3 Å². The van der Waals surface area contributed by atoms with Crippen LogP contribution < -0.4 is 10.9 Å². The first-order valence-electron chi connectivity index (χ1n) is 4.63. The molecular formula is C10H9N3O4. The number of rotatable bonds is 4. The Morgan fingerprint density at radius 1 is 1.47 bits per heavy atom. The largest absolute Gasteiger partial charge is 0.477 e. The van der Waals surface area contributed by atoms with Crippen molar-refractivity contribution in [3.8, 4) is 6.07 Å². The van der Waals surface area contributed by atoms with Gasteiger partial charge in [-0.1, -0.05) is 6.07 Å². The normalized spacial score (nSPS) is 9.35. The van der Waals surface area contributed by atoms with Crippen LogP contribution in [0.3, 0.4) is 0 Å². The number of carboxylic acid groups (broad SMARTS) is 1. The zero-order valence-electron chi connectivity index (χ0n) is 8.71. The van der Waals surface area contributed by atoms with Gasteiger partial charge in [0.15, 0.2) is 0 Å². The Bertz CT molecular complexity index is 541. The molecule has 7 heteroatoms. The Hall–Kier alpha value is -2.62. The van der Waals surface area contributed by atoms with Gasteiger partial charge in [-0.3, -0.25) is 14.2 Å². The van der Waals surface area contributed by atoms with Gasteiger partial charge in [-0.2, -0.15) is 5.26 Å². The van der Waals surface area contributed by atoms with Crippen molar-refractivity contribution in [3.63, 3.8) is 0 Å². The number of aromatic carboxylic acids is 1. The molecule has 17 heavy (non-hydrogen) atoms. The Kier molecular flexibility index (Phi) is 4.00. The van der Waals surface area contributed by atoms with Crippen molar-refractivity contribution < 1.29 is 14.7 Å². The van der Waals surface area contributed by atoms with Crippen LogP contribution >= 0.6 is 0 Å². The highest BCUT2D eigenvalue weighted by atomic mass is 16.4. The van der Waals surface area contributed by atoms with Gasteiger partial charge in [0.05, 0.1) is 6.07 Å². The zero-order valence-corrected chi connectivity index (χ0v) is 8.71. The fraction of sp³-hybridized carbons (Fsp3) is 0.200. The summed E-state index contributed by atoms with van der Waals surface area (Å²) in [5.74, 6) is -1.89. The van der Waals surface area contributed by atoms with E-state index in [1.807, 2.05) is 0 Å². The summed E-state index contributed by atoms with van der Waals surface area (Å²) in [6, 6.07) is 5.38. The smallest absolute Gasteiger partial charge is 0.352 e. The first-order chi connectivity index (χ1) is 8.06. The zero-order chi connectivity index (χ0) is 12.8. The molecule has 0 radical (unpaired) electrons. The van der Waals surface area contributed by atoms with Gasteiger partial charge in [-0.05, 0) is 6.07 Å². The van der Waals surface area contributed by atoms with E-state index in [0.29, 0.717) is 0 Å². The maximum absolute atomic E-state index is 11.4. The molecule has 0 aliphatic heterocycles. The molecule has 0 aliphatic carbocycles. The Balaban J connectivity index is 2.98. The number of hydrogen-bond donors (Lipinski definition) is 2. The molecule has 0 aromatic carbocycles. The van der Waals surface area contributed by atoms with Crippen molar-refractivity contribution >= 4 is 11.9 Å². The predicted molar refractivity (Wildman–Crippen MR) is 56.3 cm³/mol. The molecule has 1 heterocycles. The van der Waals surface area contributed by atoms with Crippen molar-refractivity contribution in [1.82, 2.24) is 9.88 Å². The minimum absolute atomic E-state index is 0.192. The van der Waals surface area contributed by atoms with Gasteiger partial charge < -0.3 is 10.4 Å². The number of hydrogen-bond acceptors (Lipinski definition) is 4. The molecular weight excluding hydrogens is 226 g/mol. The second kappa shape index (κ2) is 5.46. The van der Waals surface area contributed by atoms with Gasteiger partial charge in [-0.15, -0.1) is 0 Å². The highest BCUT2D eigenvalue weighted by Crippen LogP contribution is 1.96. The number of carboxylic acids is 1. The minimum Gasteiger partial charge on any atom is -0.477 e. The Morgan fingerprint density at radius 3 is 2.76 bits per heavy atom. The lowest BCUT2D eigenvalue weighted by atomic mass is 10.3. The Morgan fingerprint density at radius 2 is 2.18 bits per heavy atom. The molecule has 1 rings (SSSR count). The summed E-state index contributed by atoms with van der Waals surface area (Å²) in [5, 5.41) is 19.3. The Labute approximate surface area is 95.9 Å². The van der Waals surface area contributed by atoms with Crippen LogP contribution in [0.4, 0.5) is 0 Å². The van der Waals surface area contributed by atoms with E-state index in [1.54, 1.807) is 6.07 Å². The lowest BCUT2D eigenvalue weighted by Gasteiger charge is -2.08. The topological polar surface area (TPSA) is 112 Å². The standard InChI is InChI=1S/C10H9N3O4/c11-4-5-12-8(14)6-13-7(10(16)17)2-1-3-9(13)15/h1-3H,5-6H2,(H,12,14)(H,16,17). The van der Waals surface area contributed by atoms with Gasteiger partial charge >= 0.3 is 5.97 Å². The van der Waals surface area contributed by atoms with Crippen LogP contribution in [0.5, 0.6) is 0 Å². The first kappa shape index (κ1) is 12.4. The van der Waals surface area contributed by atoms with Crippen molar-refractivity contribution in [2.45, 2.75) is 6.54 Å². The number of carbonyl (C=O) groups excluding carboxylic acids is 1.